The molecule has 4 rings (SSSR count). The van der Waals surface area contributed by atoms with E-state index >= 15 is 0 Å². The van der Waals surface area contributed by atoms with Gasteiger partial charge in [0.15, 0.2) is 0 Å². The van der Waals surface area contributed by atoms with Gasteiger partial charge in [-0.05, 0) is 66.1 Å². The second-order valence-electron chi connectivity index (χ2n) is 8.12. The summed E-state index contributed by atoms with van der Waals surface area (Å²) in [6.45, 7) is 5.41. The fourth-order valence-corrected chi connectivity index (χ4v) is 4.82. The van der Waals surface area contributed by atoms with E-state index in [9.17, 15) is 9.59 Å². The highest BCUT2D eigenvalue weighted by molar-refractivity contribution is 7.99. The SMILES string of the molecule is COc1ccc2cc([C@H](C)C(=O)Nc3ccc(C(=O)N4CCSCC4)cc3C)ccc2c1. The summed E-state index contributed by atoms with van der Waals surface area (Å²) in [4.78, 5) is 27.6. The van der Waals surface area contributed by atoms with E-state index in [1.54, 1.807) is 13.2 Å². The van der Waals surface area contributed by atoms with Crippen LogP contribution in [0.3, 0.4) is 0 Å². The summed E-state index contributed by atoms with van der Waals surface area (Å²) in [5, 5.41) is 5.17. The molecule has 0 radical (unpaired) electrons. The number of hydrogen-bond donors (Lipinski definition) is 1. The Hall–Kier alpha value is -2.99. The third-order valence-corrected chi connectivity index (χ3v) is 6.94. The highest BCUT2D eigenvalue weighted by Crippen LogP contribution is 2.27. The average Bonchev–Trinajstić information content (AvgIpc) is 2.84. The minimum atomic E-state index is -0.312. The Bertz CT molecular complexity index is 1160. The lowest BCUT2D eigenvalue weighted by molar-refractivity contribution is -0.117. The van der Waals surface area contributed by atoms with Crippen LogP contribution < -0.4 is 10.1 Å². The second-order valence-corrected chi connectivity index (χ2v) is 9.34. The first-order chi connectivity index (χ1) is 15.5. The van der Waals surface area contributed by atoms with Gasteiger partial charge in [-0.3, -0.25) is 9.59 Å². The fraction of sp³-hybridized carbons (Fsp3) is 0.308. The molecule has 1 saturated heterocycles. The van der Waals surface area contributed by atoms with Crippen molar-refractivity contribution in [2.75, 3.05) is 37.0 Å². The van der Waals surface area contributed by atoms with E-state index in [1.165, 1.54) is 0 Å². The quantitative estimate of drug-likeness (QED) is 0.591. The van der Waals surface area contributed by atoms with Gasteiger partial charge in [-0.15, -0.1) is 0 Å². The molecule has 1 atom stereocenters. The topological polar surface area (TPSA) is 58.6 Å². The summed E-state index contributed by atoms with van der Waals surface area (Å²) in [6, 6.07) is 17.5. The van der Waals surface area contributed by atoms with Crippen LogP contribution in [-0.2, 0) is 4.79 Å². The summed E-state index contributed by atoms with van der Waals surface area (Å²) in [7, 11) is 1.65. The maximum Gasteiger partial charge on any atom is 0.253 e. The monoisotopic (exact) mass is 448 g/mol. The molecule has 1 aliphatic rings. The number of nitrogens with zero attached hydrogens (tertiary/aromatic N) is 1. The molecule has 0 spiro atoms. The van der Waals surface area contributed by atoms with Crippen molar-refractivity contribution in [3.8, 4) is 5.75 Å². The van der Waals surface area contributed by atoms with E-state index in [0.29, 0.717) is 5.56 Å². The Morgan fingerprint density at radius 3 is 2.44 bits per heavy atom. The van der Waals surface area contributed by atoms with E-state index in [4.69, 9.17) is 4.74 Å². The third-order valence-electron chi connectivity index (χ3n) is 5.99. The molecule has 1 heterocycles. The molecule has 1 aliphatic heterocycles. The smallest absolute Gasteiger partial charge is 0.253 e. The number of amides is 2. The zero-order valence-electron chi connectivity index (χ0n) is 18.7. The van der Waals surface area contributed by atoms with Crippen molar-refractivity contribution in [3.63, 3.8) is 0 Å². The van der Waals surface area contributed by atoms with E-state index < -0.39 is 0 Å². The lowest BCUT2D eigenvalue weighted by Crippen LogP contribution is -2.37. The number of anilines is 1. The van der Waals surface area contributed by atoms with Crippen molar-refractivity contribution >= 4 is 40.0 Å². The highest BCUT2D eigenvalue weighted by atomic mass is 32.2. The van der Waals surface area contributed by atoms with E-state index in [0.717, 1.165) is 57.9 Å². The zero-order chi connectivity index (χ0) is 22.7. The van der Waals surface area contributed by atoms with Crippen LogP contribution in [0.2, 0.25) is 0 Å². The molecule has 3 aromatic carbocycles. The number of thioether (sulfide) groups is 1. The molecule has 6 heteroatoms. The first-order valence-corrected chi connectivity index (χ1v) is 12.0. The fourth-order valence-electron chi connectivity index (χ4n) is 3.92. The van der Waals surface area contributed by atoms with E-state index in [-0.39, 0.29) is 17.7 Å². The van der Waals surface area contributed by atoms with Crippen LogP contribution in [0.1, 0.15) is 34.3 Å². The number of benzene rings is 3. The predicted molar refractivity (Wildman–Crippen MR) is 132 cm³/mol. The Morgan fingerprint density at radius 2 is 1.72 bits per heavy atom. The Morgan fingerprint density at radius 1 is 1.00 bits per heavy atom. The Labute approximate surface area is 193 Å². The lowest BCUT2D eigenvalue weighted by Gasteiger charge is -2.26. The van der Waals surface area contributed by atoms with Crippen LogP contribution >= 0.6 is 11.8 Å². The molecule has 0 unspecified atom stereocenters. The molecular formula is C26H28N2O3S. The molecule has 0 saturated carbocycles. The number of nitrogens with one attached hydrogen (secondary N) is 1. The van der Waals surface area contributed by atoms with Crippen molar-refractivity contribution in [1.29, 1.82) is 0 Å². The van der Waals surface area contributed by atoms with Gasteiger partial charge in [0, 0.05) is 35.8 Å². The summed E-state index contributed by atoms with van der Waals surface area (Å²) in [5.41, 5.74) is 3.24. The van der Waals surface area contributed by atoms with Crippen molar-refractivity contribution < 1.29 is 14.3 Å². The van der Waals surface area contributed by atoms with Gasteiger partial charge < -0.3 is 15.0 Å². The second kappa shape index (κ2) is 9.65. The largest absolute Gasteiger partial charge is 0.497 e. The molecule has 166 valence electrons. The number of aryl methyl sites for hydroxylation is 1. The molecular weight excluding hydrogens is 420 g/mol. The number of rotatable bonds is 5. The minimum absolute atomic E-state index is 0.0624. The first kappa shape index (κ1) is 22.2. The van der Waals surface area contributed by atoms with Crippen molar-refractivity contribution in [3.05, 3.63) is 71.3 Å². The number of fused-ring (bicyclic) bond motifs is 1. The molecule has 32 heavy (non-hydrogen) atoms. The van der Waals surface area contributed by atoms with Crippen LogP contribution in [0.5, 0.6) is 5.75 Å². The zero-order valence-corrected chi connectivity index (χ0v) is 19.5. The van der Waals surface area contributed by atoms with Crippen molar-refractivity contribution in [2.45, 2.75) is 19.8 Å². The number of carbonyl (C=O) groups is 2. The summed E-state index contributed by atoms with van der Waals surface area (Å²) < 4.78 is 5.28. The van der Waals surface area contributed by atoms with Gasteiger partial charge in [-0.1, -0.05) is 24.3 Å². The minimum Gasteiger partial charge on any atom is -0.497 e. The highest BCUT2D eigenvalue weighted by Gasteiger charge is 2.20. The van der Waals surface area contributed by atoms with E-state index in [1.807, 2.05) is 79.0 Å². The number of hydrogen-bond acceptors (Lipinski definition) is 4. The van der Waals surface area contributed by atoms with Gasteiger partial charge in [-0.2, -0.15) is 11.8 Å². The number of carbonyl (C=O) groups excluding carboxylic acids is 2. The number of ether oxygens (including phenoxy) is 1. The van der Waals surface area contributed by atoms with Crippen molar-refractivity contribution in [1.82, 2.24) is 4.90 Å². The van der Waals surface area contributed by atoms with Gasteiger partial charge in [-0.25, -0.2) is 0 Å². The van der Waals surface area contributed by atoms with Gasteiger partial charge in [0.05, 0.1) is 13.0 Å². The van der Waals surface area contributed by atoms with Crippen LogP contribution in [0, 0.1) is 6.92 Å². The summed E-state index contributed by atoms with van der Waals surface area (Å²) in [6.07, 6.45) is 0. The standard InChI is InChI=1S/C26H28N2O3S/c1-17-14-22(26(30)28-10-12-32-13-11-28)7-9-24(17)27-25(29)18(2)19-4-5-21-16-23(31-3)8-6-20(21)15-19/h4-9,14-16,18H,10-13H2,1-3H3,(H,27,29)/t18-/m0/s1. The predicted octanol–water partition coefficient (Wildman–Crippen LogP) is 5.09. The molecule has 1 N–H and O–H groups in total. The van der Waals surface area contributed by atoms with Crippen molar-refractivity contribution in [2.24, 2.45) is 0 Å². The molecule has 0 aliphatic carbocycles. The Kier molecular flexibility index (Phi) is 6.70. The third kappa shape index (κ3) is 4.75. The normalized spacial score (nSPS) is 14.8. The van der Waals surface area contributed by atoms with Gasteiger partial charge >= 0.3 is 0 Å². The lowest BCUT2D eigenvalue weighted by atomic mass is 9.96. The van der Waals surface area contributed by atoms with Crippen LogP contribution in [0.4, 0.5) is 5.69 Å². The van der Waals surface area contributed by atoms with Crippen LogP contribution in [0.25, 0.3) is 10.8 Å². The maximum absolute atomic E-state index is 13.0. The molecule has 3 aromatic rings. The van der Waals surface area contributed by atoms with Crippen LogP contribution in [-0.4, -0.2) is 48.4 Å². The Balaban J connectivity index is 1.47. The van der Waals surface area contributed by atoms with Gasteiger partial charge in [0.2, 0.25) is 5.91 Å². The number of methoxy groups -OCH3 is 1. The van der Waals surface area contributed by atoms with Gasteiger partial charge in [0.1, 0.15) is 5.75 Å². The molecule has 0 bridgehead atoms. The molecule has 5 nitrogen and oxygen atoms in total. The summed E-state index contributed by atoms with van der Waals surface area (Å²) >= 11 is 1.88. The molecule has 0 aromatic heterocycles. The summed E-state index contributed by atoms with van der Waals surface area (Å²) in [5.74, 6) is 2.46. The van der Waals surface area contributed by atoms with Gasteiger partial charge in [0.25, 0.3) is 5.91 Å². The molecule has 2 amide bonds. The first-order valence-electron chi connectivity index (χ1n) is 10.8. The maximum atomic E-state index is 13.0. The molecule has 1 fully saturated rings. The van der Waals surface area contributed by atoms with Crippen LogP contribution in [0.15, 0.2) is 54.6 Å². The average molecular weight is 449 g/mol. The van der Waals surface area contributed by atoms with E-state index in [2.05, 4.69) is 5.32 Å².